The molecule has 0 aliphatic heterocycles. The number of hydroxylamine groups is 1. The van der Waals surface area contributed by atoms with Gasteiger partial charge in [-0.1, -0.05) is 74.0 Å². The molecule has 0 fully saturated rings. The number of unbranched alkanes of at least 4 members (excludes halogenated alkanes) is 1. The van der Waals surface area contributed by atoms with Crippen molar-refractivity contribution in [3.63, 3.8) is 0 Å². The largest absolute Gasteiger partial charge is 0.338 e. The van der Waals surface area contributed by atoms with Crippen LogP contribution in [0.1, 0.15) is 19.8 Å². The molecule has 0 saturated carbocycles. The number of hydrogen-bond donors (Lipinski definition) is 1. The van der Waals surface area contributed by atoms with Gasteiger partial charge < -0.3 is 4.53 Å². The minimum atomic E-state index is -1.60. The van der Waals surface area contributed by atoms with Gasteiger partial charge in [-0.15, -0.1) is 0 Å². The standard InChI is InChI=1S/C16H21NOSi/c1-2-3-14-17-18-19(15-10-6-4-7-11-15)16-12-8-5-9-13-16/h4-13,17,19H,2-3,14H2,1H3. The van der Waals surface area contributed by atoms with E-state index in [1.54, 1.807) is 0 Å². The first kappa shape index (κ1) is 14.0. The Labute approximate surface area is 117 Å². The van der Waals surface area contributed by atoms with Crippen LogP contribution in [0.2, 0.25) is 0 Å². The van der Waals surface area contributed by atoms with Gasteiger partial charge in [0.25, 0.3) is 9.04 Å². The summed E-state index contributed by atoms with van der Waals surface area (Å²) in [6.45, 7) is 3.10. The van der Waals surface area contributed by atoms with Crippen LogP contribution in [0.3, 0.4) is 0 Å². The highest BCUT2D eigenvalue weighted by Gasteiger charge is 2.17. The third-order valence-electron chi connectivity index (χ3n) is 3.04. The van der Waals surface area contributed by atoms with Gasteiger partial charge in [-0.25, -0.2) is 5.48 Å². The van der Waals surface area contributed by atoms with E-state index in [0.29, 0.717) is 0 Å². The Bertz CT molecular complexity index is 421. The van der Waals surface area contributed by atoms with Crippen molar-refractivity contribution in [1.82, 2.24) is 5.48 Å². The minimum Gasteiger partial charge on any atom is -0.338 e. The van der Waals surface area contributed by atoms with E-state index in [1.807, 2.05) is 12.1 Å². The fourth-order valence-corrected chi connectivity index (χ4v) is 4.06. The van der Waals surface area contributed by atoms with Crippen LogP contribution in [-0.2, 0) is 4.53 Å². The maximum atomic E-state index is 6.01. The number of benzene rings is 2. The molecular formula is C16H21NOSi. The monoisotopic (exact) mass is 271 g/mol. The van der Waals surface area contributed by atoms with Crippen LogP contribution < -0.4 is 15.9 Å². The van der Waals surface area contributed by atoms with Gasteiger partial charge in [0.2, 0.25) is 0 Å². The van der Waals surface area contributed by atoms with Crippen molar-refractivity contribution in [2.45, 2.75) is 19.8 Å². The van der Waals surface area contributed by atoms with E-state index >= 15 is 0 Å². The van der Waals surface area contributed by atoms with Gasteiger partial charge in [-0.3, -0.25) is 0 Å². The molecule has 3 heteroatoms. The Hall–Kier alpha value is -1.42. The highest BCUT2D eigenvalue weighted by atomic mass is 28.3. The van der Waals surface area contributed by atoms with Crippen LogP contribution in [0.5, 0.6) is 0 Å². The van der Waals surface area contributed by atoms with Gasteiger partial charge in [-0.05, 0) is 16.8 Å². The summed E-state index contributed by atoms with van der Waals surface area (Å²) in [5, 5.41) is 2.61. The second-order valence-electron chi connectivity index (χ2n) is 4.57. The highest BCUT2D eigenvalue weighted by molar-refractivity contribution is 6.79. The van der Waals surface area contributed by atoms with Gasteiger partial charge in [-0.2, -0.15) is 0 Å². The van der Waals surface area contributed by atoms with Gasteiger partial charge in [0.05, 0.1) is 0 Å². The summed E-state index contributed by atoms with van der Waals surface area (Å²) in [4.78, 5) is 0. The molecule has 0 aromatic heterocycles. The average molecular weight is 271 g/mol. The predicted octanol–water partition coefficient (Wildman–Crippen LogP) is 1.85. The fraction of sp³-hybridized carbons (Fsp3) is 0.250. The summed E-state index contributed by atoms with van der Waals surface area (Å²) in [6, 6.07) is 21.0. The molecule has 1 N–H and O–H groups in total. The molecule has 0 aliphatic rings. The maximum absolute atomic E-state index is 6.01. The lowest BCUT2D eigenvalue weighted by atomic mass is 10.3. The van der Waals surface area contributed by atoms with Gasteiger partial charge in [0.15, 0.2) is 0 Å². The van der Waals surface area contributed by atoms with Crippen molar-refractivity contribution in [3.8, 4) is 0 Å². The molecule has 19 heavy (non-hydrogen) atoms. The maximum Gasteiger partial charge on any atom is 0.267 e. The molecule has 2 nitrogen and oxygen atoms in total. The van der Waals surface area contributed by atoms with Gasteiger partial charge in [0.1, 0.15) is 0 Å². The number of rotatable bonds is 7. The number of hydrogen-bond acceptors (Lipinski definition) is 2. The molecule has 0 aliphatic carbocycles. The zero-order valence-corrected chi connectivity index (χ0v) is 12.5. The van der Waals surface area contributed by atoms with Crippen LogP contribution in [0.15, 0.2) is 60.7 Å². The van der Waals surface area contributed by atoms with Gasteiger partial charge >= 0.3 is 0 Å². The lowest BCUT2D eigenvalue weighted by Crippen LogP contribution is -2.48. The summed E-state index contributed by atoms with van der Waals surface area (Å²) in [7, 11) is -1.60. The Kier molecular flexibility index (Phi) is 5.81. The minimum absolute atomic E-state index is 0.916. The van der Waals surface area contributed by atoms with E-state index in [4.69, 9.17) is 4.53 Å². The second kappa shape index (κ2) is 7.89. The Morgan fingerprint density at radius 2 is 1.42 bits per heavy atom. The van der Waals surface area contributed by atoms with Crippen molar-refractivity contribution in [1.29, 1.82) is 0 Å². The predicted molar refractivity (Wildman–Crippen MR) is 83.3 cm³/mol. The van der Waals surface area contributed by atoms with E-state index in [1.165, 1.54) is 16.8 Å². The zero-order chi connectivity index (χ0) is 13.3. The Balaban J connectivity index is 2.10. The quantitative estimate of drug-likeness (QED) is 0.471. The summed E-state index contributed by atoms with van der Waals surface area (Å²) < 4.78 is 6.01. The van der Waals surface area contributed by atoms with Crippen LogP contribution in [0.4, 0.5) is 0 Å². The van der Waals surface area contributed by atoms with Crippen molar-refractivity contribution >= 4 is 19.4 Å². The fourth-order valence-electron chi connectivity index (χ4n) is 1.98. The molecule has 2 aromatic carbocycles. The van der Waals surface area contributed by atoms with Crippen molar-refractivity contribution in [2.75, 3.05) is 6.54 Å². The summed E-state index contributed by atoms with van der Waals surface area (Å²) >= 11 is 0. The van der Waals surface area contributed by atoms with E-state index in [9.17, 15) is 0 Å². The lowest BCUT2D eigenvalue weighted by molar-refractivity contribution is 0.202. The van der Waals surface area contributed by atoms with Crippen LogP contribution in [0.25, 0.3) is 0 Å². The van der Waals surface area contributed by atoms with E-state index in [-0.39, 0.29) is 0 Å². The molecule has 100 valence electrons. The third kappa shape index (κ3) is 4.31. The molecule has 2 aromatic rings. The Morgan fingerprint density at radius 3 is 1.89 bits per heavy atom. The molecule has 2 rings (SSSR count). The van der Waals surface area contributed by atoms with Crippen molar-refractivity contribution in [3.05, 3.63) is 60.7 Å². The van der Waals surface area contributed by atoms with Crippen molar-refractivity contribution < 1.29 is 4.53 Å². The Morgan fingerprint density at radius 1 is 0.895 bits per heavy atom. The zero-order valence-electron chi connectivity index (χ0n) is 11.4. The normalized spacial score (nSPS) is 10.8. The second-order valence-corrected chi connectivity index (χ2v) is 6.90. The van der Waals surface area contributed by atoms with E-state index in [2.05, 4.69) is 60.9 Å². The highest BCUT2D eigenvalue weighted by Crippen LogP contribution is 1.94. The van der Waals surface area contributed by atoms with E-state index in [0.717, 1.165) is 13.0 Å². The topological polar surface area (TPSA) is 21.3 Å². The first-order valence-electron chi connectivity index (χ1n) is 6.90. The third-order valence-corrected chi connectivity index (χ3v) is 5.42. The molecular weight excluding hydrogens is 250 g/mol. The van der Waals surface area contributed by atoms with Crippen LogP contribution >= 0.6 is 0 Å². The summed E-state index contributed by atoms with van der Waals surface area (Å²) in [5.41, 5.74) is 3.15. The SMILES string of the molecule is CCCCNO[SiH](c1ccccc1)c1ccccc1. The van der Waals surface area contributed by atoms with Crippen LogP contribution in [0, 0.1) is 0 Å². The van der Waals surface area contributed by atoms with Gasteiger partial charge in [0, 0.05) is 6.54 Å². The summed E-state index contributed by atoms with van der Waals surface area (Å²) in [5.74, 6) is 0. The molecule has 0 bridgehead atoms. The van der Waals surface area contributed by atoms with Crippen LogP contribution in [-0.4, -0.2) is 15.6 Å². The molecule has 0 heterocycles. The average Bonchev–Trinajstić information content (AvgIpc) is 2.49. The summed E-state index contributed by atoms with van der Waals surface area (Å²) in [6.07, 6.45) is 2.32. The number of nitrogens with one attached hydrogen (secondary N) is 1. The molecule has 0 unspecified atom stereocenters. The first-order chi connectivity index (χ1) is 9.42. The molecule has 0 spiro atoms. The lowest BCUT2D eigenvalue weighted by Gasteiger charge is -2.17. The molecule has 0 amide bonds. The molecule has 0 atom stereocenters. The first-order valence-corrected chi connectivity index (χ1v) is 8.53. The van der Waals surface area contributed by atoms with Crippen molar-refractivity contribution in [2.24, 2.45) is 0 Å². The van der Waals surface area contributed by atoms with E-state index < -0.39 is 9.04 Å². The molecule has 0 saturated heterocycles. The smallest absolute Gasteiger partial charge is 0.267 e. The molecule has 0 radical (unpaired) electrons.